The molecule has 1 aromatic heterocycles. The Balaban J connectivity index is 1.54. The minimum Gasteiger partial charge on any atom is -0.493 e. The summed E-state index contributed by atoms with van der Waals surface area (Å²) in [6.45, 7) is 2.96. The highest BCUT2D eigenvalue weighted by atomic mass is 32.2. The molecule has 2 heterocycles. The fraction of sp³-hybridized carbons (Fsp3) is 0.545. The van der Waals surface area contributed by atoms with E-state index in [0.717, 1.165) is 25.8 Å². The first-order valence-electron chi connectivity index (χ1n) is 10.8. The predicted octanol–water partition coefficient (Wildman–Crippen LogP) is 2.91. The zero-order chi connectivity index (χ0) is 23.8. The molecule has 1 saturated heterocycles. The van der Waals surface area contributed by atoms with Gasteiger partial charge in [-0.1, -0.05) is 18.7 Å². The summed E-state index contributed by atoms with van der Waals surface area (Å²) in [5.41, 5.74) is 0.330. The van der Waals surface area contributed by atoms with E-state index >= 15 is 0 Å². The molecule has 1 aliphatic rings. The first kappa shape index (κ1) is 24.7. The van der Waals surface area contributed by atoms with Crippen LogP contribution in [-0.4, -0.2) is 66.6 Å². The maximum Gasteiger partial charge on any atom is 0.277 e. The van der Waals surface area contributed by atoms with Crippen LogP contribution in [0.25, 0.3) is 0 Å². The van der Waals surface area contributed by atoms with Crippen molar-refractivity contribution in [1.82, 2.24) is 20.4 Å². The summed E-state index contributed by atoms with van der Waals surface area (Å²) in [4.78, 5) is 27.2. The van der Waals surface area contributed by atoms with Crippen molar-refractivity contribution < 1.29 is 28.2 Å². The molecular formula is C22H30N4O6S. The molecular weight excluding hydrogens is 448 g/mol. The molecule has 180 valence electrons. The zero-order valence-electron chi connectivity index (χ0n) is 19.4. The lowest BCUT2D eigenvalue weighted by Crippen LogP contribution is -2.44. The molecule has 1 aromatic carbocycles. The molecule has 10 nitrogen and oxygen atoms in total. The minimum absolute atomic E-state index is 0.0427. The second-order valence-electron chi connectivity index (χ2n) is 7.49. The molecule has 3 rings (SSSR count). The maximum atomic E-state index is 12.6. The van der Waals surface area contributed by atoms with E-state index in [1.165, 1.54) is 39.5 Å². The SMILES string of the molecule is CC[C@H]1CCCCN1C(=O)CSc1nnc(CNC(=O)c2cc(OC)c(OC)c(OC)c2)o1. The summed E-state index contributed by atoms with van der Waals surface area (Å²) in [5.74, 6) is 1.36. The number of hydrogen-bond donors (Lipinski definition) is 1. The first-order chi connectivity index (χ1) is 16.0. The largest absolute Gasteiger partial charge is 0.493 e. The van der Waals surface area contributed by atoms with Crippen LogP contribution in [0.2, 0.25) is 0 Å². The van der Waals surface area contributed by atoms with Crippen molar-refractivity contribution in [2.24, 2.45) is 0 Å². The highest BCUT2D eigenvalue weighted by molar-refractivity contribution is 7.99. The second kappa shape index (κ2) is 11.8. The van der Waals surface area contributed by atoms with Gasteiger partial charge < -0.3 is 28.8 Å². The third kappa shape index (κ3) is 6.10. The zero-order valence-corrected chi connectivity index (χ0v) is 20.2. The van der Waals surface area contributed by atoms with Gasteiger partial charge in [-0.2, -0.15) is 0 Å². The lowest BCUT2D eigenvalue weighted by Gasteiger charge is -2.35. The number of amides is 2. The molecule has 11 heteroatoms. The van der Waals surface area contributed by atoms with Crippen LogP contribution in [0.5, 0.6) is 17.2 Å². The van der Waals surface area contributed by atoms with Gasteiger partial charge in [0.1, 0.15) is 0 Å². The molecule has 0 radical (unpaired) electrons. The number of nitrogens with one attached hydrogen (secondary N) is 1. The van der Waals surface area contributed by atoms with Crippen molar-refractivity contribution in [3.63, 3.8) is 0 Å². The molecule has 0 unspecified atom stereocenters. The van der Waals surface area contributed by atoms with Gasteiger partial charge in [0.05, 0.1) is 33.6 Å². The van der Waals surface area contributed by atoms with E-state index in [4.69, 9.17) is 18.6 Å². The molecule has 1 atom stereocenters. The number of likely N-dealkylation sites (tertiary alicyclic amines) is 1. The molecule has 1 aliphatic heterocycles. The van der Waals surface area contributed by atoms with Gasteiger partial charge in [0, 0.05) is 18.2 Å². The van der Waals surface area contributed by atoms with E-state index in [1.807, 2.05) is 4.90 Å². The fourth-order valence-electron chi connectivity index (χ4n) is 3.80. The highest BCUT2D eigenvalue weighted by Gasteiger charge is 2.25. The molecule has 2 amide bonds. The standard InChI is InChI=1S/C22H30N4O6S/c1-5-15-8-6-7-9-26(15)19(27)13-33-22-25-24-18(32-22)12-23-21(28)14-10-16(29-2)20(31-4)17(11-14)30-3/h10-11,15H,5-9,12-13H2,1-4H3,(H,23,28)/t15-/m0/s1. The van der Waals surface area contributed by atoms with Gasteiger partial charge in [-0.05, 0) is 37.8 Å². The van der Waals surface area contributed by atoms with E-state index in [-0.39, 0.29) is 30.0 Å². The van der Waals surface area contributed by atoms with Gasteiger partial charge in [-0.15, -0.1) is 10.2 Å². The number of piperidine rings is 1. The Labute approximate surface area is 197 Å². The number of aromatic nitrogens is 2. The average Bonchev–Trinajstić information content (AvgIpc) is 3.32. The number of thioether (sulfide) groups is 1. The number of ether oxygens (including phenoxy) is 3. The number of benzene rings is 1. The minimum atomic E-state index is -0.368. The third-order valence-corrected chi connectivity index (χ3v) is 6.32. The fourth-order valence-corrected chi connectivity index (χ4v) is 4.46. The maximum absolute atomic E-state index is 12.6. The predicted molar refractivity (Wildman–Crippen MR) is 122 cm³/mol. The van der Waals surface area contributed by atoms with Gasteiger partial charge in [0.25, 0.3) is 11.1 Å². The number of methoxy groups -OCH3 is 3. The lowest BCUT2D eigenvalue weighted by molar-refractivity contribution is -0.132. The lowest BCUT2D eigenvalue weighted by atomic mass is 10.0. The third-order valence-electron chi connectivity index (χ3n) is 5.51. The number of carbonyl (C=O) groups excluding carboxylic acids is 2. The molecule has 0 aliphatic carbocycles. The van der Waals surface area contributed by atoms with Crippen LogP contribution in [0.1, 0.15) is 48.9 Å². The van der Waals surface area contributed by atoms with Gasteiger partial charge in [0.2, 0.25) is 17.5 Å². The molecule has 0 spiro atoms. The van der Waals surface area contributed by atoms with E-state index in [9.17, 15) is 9.59 Å². The van der Waals surface area contributed by atoms with E-state index in [1.54, 1.807) is 12.1 Å². The van der Waals surface area contributed by atoms with Crippen LogP contribution < -0.4 is 19.5 Å². The van der Waals surface area contributed by atoms with E-state index < -0.39 is 0 Å². The summed E-state index contributed by atoms with van der Waals surface area (Å²) in [5, 5.41) is 10.9. The van der Waals surface area contributed by atoms with Crippen LogP contribution in [0.4, 0.5) is 0 Å². The Bertz CT molecular complexity index is 941. The Morgan fingerprint density at radius 3 is 2.52 bits per heavy atom. The molecule has 1 fully saturated rings. The summed E-state index contributed by atoms with van der Waals surface area (Å²) >= 11 is 1.21. The number of nitrogens with zero attached hydrogens (tertiary/aromatic N) is 3. The van der Waals surface area contributed by atoms with Crippen molar-refractivity contribution in [3.05, 3.63) is 23.6 Å². The second-order valence-corrected chi connectivity index (χ2v) is 8.42. The summed E-state index contributed by atoms with van der Waals surface area (Å²) in [6, 6.07) is 3.43. The summed E-state index contributed by atoms with van der Waals surface area (Å²) < 4.78 is 21.4. The summed E-state index contributed by atoms with van der Waals surface area (Å²) in [7, 11) is 4.46. The monoisotopic (exact) mass is 478 g/mol. The quantitative estimate of drug-likeness (QED) is 0.515. The van der Waals surface area contributed by atoms with Crippen LogP contribution in [-0.2, 0) is 11.3 Å². The molecule has 1 N–H and O–H groups in total. The molecule has 33 heavy (non-hydrogen) atoms. The van der Waals surface area contributed by atoms with Gasteiger partial charge in [-0.3, -0.25) is 9.59 Å². The summed E-state index contributed by atoms with van der Waals surface area (Å²) in [6.07, 6.45) is 4.24. The highest BCUT2D eigenvalue weighted by Crippen LogP contribution is 2.38. The van der Waals surface area contributed by atoms with Crippen molar-refractivity contribution in [2.45, 2.75) is 50.4 Å². The topological polar surface area (TPSA) is 116 Å². The van der Waals surface area contributed by atoms with Crippen LogP contribution in [0, 0.1) is 0 Å². The van der Waals surface area contributed by atoms with Gasteiger partial charge in [-0.25, -0.2) is 0 Å². The van der Waals surface area contributed by atoms with Crippen molar-refractivity contribution >= 4 is 23.6 Å². The number of carbonyl (C=O) groups is 2. The van der Waals surface area contributed by atoms with Gasteiger partial charge in [0.15, 0.2) is 11.5 Å². The van der Waals surface area contributed by atoms with Crippen LogP contribution in [0.15, 0.2) is 21.8 Å². The van der Waals surface area contributed by atoms with Crippen molar-refractivity contribution in [3.8, 4) is 17.2 Å². The normalized spacial score (nSPS) is 15.8. The van der Waals surface area contributed by atoms with Crippen LogP contribution in [0.3, 0.4) is 0 Å². The van der Waals surface area contributed by atoms with E-state index in [2.05, 4.69) is 22.4 Å². The molecule has 0 bridgehead atoms. The molecule has 0 saturated carbocycles. The van der Waals surface area contributed by atoms with Crippen molar-refractivity contribution in [1.29, 1.82) is 0 Å². The van der Waals surface area contributed by atoms with E-state index in [0.29, 0.717) is 34.1 Å². The average molecular weight is 479 g/mol. The molecule has 2 aromatic rings. The smallest absolute Gasteiger partial charge is 0.277 e. The van der Waals surface area contributed by atoms with Gasteiger partial charge >= 0.3 is 0 Å². The van der Waals surface area contributed by atoms with Crippen LogP contribution >= 0.6 is 11.8 Å². The number of rotatable bonds is 10. The Hall–Kier alpha value is -2.95. The Morgan fingerprint density at radius 2 is 1.88 bits per heavy atom. The first-order valence-corrected chi connectivity index (χ1v) is 11.8. The Kier molecular flexibility index (Phi) is 8.81. The Morgan fingerprint density at radius 1 is 1.15 bits per heavy atom. The number of hydrogen-bond acceptors (Lipinski definition) is 9. The van der Waals surface area contributed by atoms with Crippen molar-refractivity contribution in [2.75, 3.05) is 33.6 Å².